The molecular weight excluding hydrogens is 525 g/mol. The van der Waals surface area contributed by atoms with Crippen molar-refractivity contribution in [2.75, 3.05) is 42.7 Å². The molecule has 0 spiro atoms. The number of benzene rings is 2. The number of urea groups is 1. The molecule has 2 amide bonds. The molecule has 0 unspecified atom stereocenters. The summed E-state index contributed by atoms with van der Waals surface area (Å²) in [7, 11) is 0. The molecule has 1 aliphatic rings. The Hall–Kier alpha value is -4.30. The number of fused-ring (bicyclic) bond motifs is 1. The summed E-state index contributed by atoms with van der Waals surface area (Å²) in [5.41, 5.74) is 6.08. The first kappa shape index (κ1) is 26.3. The van der Waals surface area contributed by atoms with Gasteiger partial charge in [0.1, 0.15) is 23.5 Å². The van der Waals surface area contributed by atoms with Gasteiger partial charge in [0.25, 0.3) is 0 Å². The number of morpholine rings is 1. The van der Waals surface area contributed by atoms with Gasteiger partial charge in [-0.3, -0.25) is 4.90 Å². The molecule has 14 heteroatoms. The molecule has 39 heavy (non-hydrogen) atoms. The van der Waals surface area contributed by atoms with Crippen LogP contribution < -0.4 is 16.4 Å². The zero-order chi connectivity index (χ0) is 27.7. The largest absolute Gasteiger partial charge is 0.416 e. The highest BCUT2D eigenvalue weighted by molar-refractivity contribution is 6.00. The van der Waals surface area contributed by atoms with Gasteiger partial charge in [-0.05, 0) is 42.5 Å². The minimum absolute atomic E-state index is 0.0117. The fourth-order valence-corrected chi connectivity index (χ4v) is 4.33. The number of nitrogens with zero attached hydrogens (tertiary/aromatic N) is 4. The predicted octanol–water partition coefficient (Wildman–Crippen LogP) is 4.75. The number of hydrogen-bond acceptors (Lipinski definition) is 6. The van der Waals surface area contributed by atoms with E-state index in [9.17, 15) is 22.4 Å². The van der Waals surface area contributed by atoms with Crippen LogP contribution in [0.15, 0.2) is 48.8 Å². The quantitative estimate of drug-likeness (QED) is 0.311. The summed E-state index contributed by atoms with van der Waals surface area (Å²) in [6.07, 6.45) is -3.41. The number of carbonyl (C=O) groups is 1. The second-order valence-corrected chi connectivity index (χ2v) is 8.81. The summed E-state index contributed by atoms with van der Waals surface area (Å²) in [5, 5.41) is 8.59. The number of nitrogen functional groups attached to an aromatic ring is 1. The van der Waals surface area contributed by atoms with Gasteiger partial charge in [-0.25, -0.2) is 23.1 Å². The second kappa shape index (κ2) is 10.5. The first-order chi connectivity index (χ1) is 18.6. The molecule has 0 bridgehead atoms. The van der Waals surface area contributed by atoms with E-state index in [1.807, 2.05) is 5.32 Å². The molecule has 1 fully saturated rings. The van der Waals surface area contributed by atoms with Gasteiger partial charge >= 0.3 is 12.2 Å². The second-order valence-electron chi connectivity index (χ2n) is 8.81. The highest BCUT2D eigenvalue weighted by atomic mass is 19.4. The first-order valence-corrected chi connectivity index (χ1v) is 11.8. The molecule has 0 radical (unpaired) electrons. The summed E-state index contributed by atoms with van der Waals surface area (Å²) in [4.78, 5) is 18.5. The Morgan fingerprint density at radius 3 is 2.49 bits per heavy atom. The molecule has 1 saturated heterocycles. The van der Waals surface area contributed by atoms with Gasteiger partial charge in [-0.1, -0.05) is 0 Å². The smallest absolute Gasteiger partial charge is 0.382 e. The van der Waals surface area contributed by atoms with Crippen molar-refractivity contribution < 1.29 is 31.5 Å². The fraction of sp³-hybridized carbons (Fsp3) is 0.240. The number of anilines is 3. The van der Waals surface area contributed by atoms with Crippen molar-refractivity contribution in [1.82, 2.24) is 19.5 Å². The zero-order valence-corrected chi connectivity index (χ0v) is 20.2. The van der Waals surface area contributed by atoms with Gasteiger partial charge < -0.3 is 21.1 Å². The number of rotatable bonds is 5. The third-order valence-corrected chi connectivity index (χ3v) is 6.20. The zero-order valence-electron chi connectivity index (χ0n) is 20.2. The average Bonchev–Trinajstić information content (AvgIpc) is 3.24. The first-order valence-electron chi connectivity index (χ1n) is 11.8. The summed E-state index contributed by atoms with van der Waals surface area (Å²) in [6.45, 7) is 3.18. The SMILES string of the molecule is Nc1ncnn2c(CN3CCOCC3)cc(-c3ccc(NC(=O)Nc4cc(C(F)(F)F)ccc4F)cc3F)c12. The summed E-state index contributed by atoms with van der Waals surface area (Å²) in [6, 6.07) is 6.17. The Morgan fingerprint density at radius 2 is 1.77 bits per heavy atom. The normalized spacial score (nSPS) is 14.5. The Kier molecular flexibility index (Phi) is 7.06. The summed E-state index contributed by atoms with van der Waals surface area (Å²) >= 11 is 0. The minimum atomic E-state index is -4.72. The van der Waals surface area contributed by atoms with Crippen LogP contribution in [0.25, 0.3) is 16.6 Å². The molecule has 0 saturated carbocycles. The van der Waals surface area contributed by atoms with Crippen LogP contribution in [-0.2, 0) is 17.5 Å². The topological polar surface area (TPSA) is 110 Å². The fourth-order valence-electron chi connectivity index (χ4n) is 4.33. The van der Waals surface area contributed by atoms with E-state index >= 15 is 4.39 Å². The highest BCUT2D eigenvalue weighted by Gasteiger charge is 2.31. The van der Waals surface area contributed by atoms with E-state index in [0.717, 1.165) is 24.8 Å². The van der Waals surface area contributed by atoms with Crippen LogP contribution in [0.5, 0.6) is 0 Å². The molecule has 4 N–H and O–H groups in total. The third kappa shape index (κ3) is 5.61. The molecule has 9 nitrogen and oxygen atoms in total. The van der Waals surface area contributed by atoms with Crippen molar-refractivity contribution in [2.24, 2.45) is 0 Å². The van der Waals surface area contributed by atoms with E-state index in [0.29, 0.717) is 49.0 Å². The lowest BCUT2D eigenvalue weighted by atomic mass is 10.1. The minimum Gasteiger partial charge on any atom is -0.382 e. The molecule has 1 aliphatic heterocycles. The number of nitrogens with one attached hydrogen (secondary N) is 2. The van der Waals surface area contributed by atoms with Gasteiger partial charge in [-0.15, -0.1) is 0 Å². The van der Waals surface area contributed by atoms with Crippen LogP contribution in [0.3, 0.4) is 0 Å². The highest BCUT2D eigenvalue weighted by Crippen LogP contribution is 2.34. The summed E-state index contributed by atoms with van der Waals surface area (Å²) in [5.74, 6) is -1.63. The van der Waals surface area contributed by atoms with Gasteiger partial charge in [-0.2, -0.15) is 18.3 Å². The van der Waals surface area contributed by atoms with Gasteiger partial charge in [0.05, 0.1) is 30.2 Å². The van der Waals surface area contributed by atoms with Gasteiger partial charge in [0.15, 0.2) is 5.82 Å². The Morgan fingerprint density at radius 1 is 1.00 bits per heavy atom. The number of carbonyl (C=O) groups excluding carboxylic acids is 1. The van der Waals surface area contributed by atoms with Crippen molar-refractivity contribution in [3.05, 3.63) is 71.7 Å². The molecule has 2 aromatic carbocycles. The van der Waals surface area contributed by atoms with Gasteiger partial charge in [0.2, 0.25) is 0 Å². The van der Waals surface area contributed by atoms with Crippen LogP contribution in [-0.4, -0.2) is 51.8 Å². The molecule has 3 heterocycles. The van der Waals surface area contributed by atoms with Crippen molar-refractivity contribution in [2.45, 2.75) is 12.7 Å². The third-order valence-electron chi connectivity index (χ3n) is 6.20. The molecule has 5 rings (SSSR count). The lowest BCUT2D eigenvalue weighted by Crippen LogP contribution is -2.36. The summed E-state index contributed by atoms with van der Waals surface area (Å²) < 4.78 is 75.1. The van der Waals surface area contributed by atoms with E-state index in [4.69, 9.17) is 10.5 Å². The number of amides is 2. The number of aromatic nitrogens is 3. The lowest BCUT2D eigenvalue weighted by molar-refractivity contribution is -0.137. The number of hydrogen-bond donors (Lipinski definition) is 3. The Balaban J connectivity index is 1.38. The predicted molar refractivity (Wildman–Crippen MR) is 133 cm³/mol. The number of ether oxygens (including phenoxy) is 1. The van der Waals surface area contributed by atoms with E-state index in [2.05, 4.69) is 20.3 Å². The van der Waals surface area contributed by atoms with Crippen LogP contribution in [0.2, 0.25) is 0 Å². The molecular formula is C25H22F5N7O2. The maximum Gasteiger partial charge on any atom is 0.416 e. The van der Waals surface area contributed by atoms with Crippen molar-refractivity contribution >= 4 is 28.7 Å². The molecule has 4 aromatic rings. The van der Waals surface area contributed by atoms with E-state index in [1.165, 1.54) is 18.5 Å². The molecule has 204 valence electrons. The number of alkyl halides is 3. The van der Waals surface area contributed by atoms with Crippen molar-refractivity contribution in [3.63, 3.8) is 0 Å². The lowest BCUT2D eigenvalue weighted by Gasteiger charge is -2.26. The Labute approximate surface area is 218 Å². The average molecular weight is 547 g/mol. The van der Waals surface area contributed by atoms with Crippen LogP contribution in [0.4, 0.5) is 43.9 Å². The monoisotopic (exact) mass is 547 g/mol. The van der Waals surface area contributed by atoms with Gasteiger partial charge in [0, 0.05) is 36.4 Å². The molecule has 0 aliphatic carbocycles. The standard InChI is InChI=1S/C25H22F5N7O2/c26-19-4-1-14(25(28,29)30)9-21(19)35-24(38)34-15-2-3-17(20(27)10-15)18-11-16(12-36-5-7-39-8-6-36)37-22(18)23(31)32-13-33-37/h1-4,9-11,13H,5-8,12H2,(H2,31,32,33)(H2,34,35,38). The number of halogens is 5. The van der Waals surface area contributed by atoms with Crippen LogP contribution in [0.1, 0.15) is 11.3 Å². The molecule has 2 aromatic heterocycles. The van der Waals surface area contributed by atoms with Crippen LogP contribution in [0, 0.1) is 11.6 Å². The van der Waals surface area contributed by atoms with Crippen molar-refractivity contribution in [3.8, 4) is 11.1 Å². The van der Waals surface area contributed by atoms with Crippen molar-refractivity contribution in [1.29, 1.82) is 0 Å². The van der Waals surface area contributed by atoms with E-state index < -0.39 is 35.1 Å². The number of nitrogens with two attached hydrogens (primary N) is 1. The van der Waals surface area contributed by atoms with Crippen LogP contribution >= 0.6 is 0 Å². The molecule has 0 atom stereocenters. The van der Waals surface area contributed by atoms with E-state index in [1.54, 1.807) is 10.6 Å². The maximum atomic E-state index is 15.3. The maximum absolute atomic E-state index is 15.3. The Bertz CT molecular complexity index is 1530. The van der Waals surface area contributed by atoms with E-state index in [-0.39, 0.29) is 17.1 Å².